The molecule has 0 aliphatic carbocycles. The van der Waals surface area contributed by atoms with Crippen LogP contribution in [0.25, 0.3) is 12.2 Å². The number of hydrogen-bond acceptors (Lipinski definition) is 6. The summed E-state index contributed by atoms with van der Waals surface area (Å²) in [6, 6.07) is 6.20. The lowest BCUT2D eigenvalue weighted by Gasteiger charge is -2.31. The van der Waals surface area contributed by atoms with Crippen LogP contribution in [0.3, 0.4) is 0 Å². The maximum absolute atomic E-state index is 14.0. The Morgan fingerprint density at radius 3 is 2.68 bits per heavy atom. The minimum absolute atomic E-state index is 0.00118. The third-order valence-electron chi connectivity index (χ3n) is 7.27. The number of carbonyl (C=O) groups is 1. The summed E-state index contributed by atoms with van der Waals surface area (Å²) in [5.41, 5.74) is 0.563. The van der Waals surface area contributed by atoms with Crippen molar-refractivity contribution in [2.75, 3.05) is 39.3 Å². The maximum atomic E-state index is 14.0. The fourth-order valence-electron chi connectivity index (χ4n) is 5.21. The van der Waals surface area contributed by atoms with E-state index in [0.717, 1.165) is 32.0 Å². The number of likely N-dealkylation sites (tertiary alicyclic amines) is 1. The molecule has 0 unspecified atom stereocenters. The van der Waals surface area contributed by atoms with Crippen molar-refractivity contribution >= 4 is 28.1 Å². The molecule has 2 fully saturated rings. The molecule has 3 heterocycles. The van der Waals surface area contributed by atoms with Crippen LogP contribution in [0.2, 0.25) is 0 Å². The van der Waals surface area contributed by atoms with Gasteiger partial charge >= 0.3 is 0 Å². The first-order chi connectivity index (χ1) is 17.8. The van der Waals surface area contributed by atoms with Crippen LogP contribution in [0.15, 0.2) is 33.7 Å². The second-order valence-electron chi connectivity index (χ2n) is 10.2. The van der Waals surface area contributed by atoms with Gasteiger partial charge in [-0.05, 0) is 76.3 Å². The van der Waals surface area contributed by atoms with Crippen molar-refractivity contribution in [3.8, 4) is 0 Å². The van der Waals surface area contributed by atoms with Gasteiger partial charge < -0.3 is 14.7 Å². The maximum Gasteiger partial charge on any atom is 0.248 e. The fraction of sp³-hybridized carbons (Fsp3) is 0.556. The first-order valence-electron chi connectivity index (χ1n) is 13.1. The average molecular weight is 533 g/mol. The Kier molecular flexibility index (Phi) is 9.15. The molecule has 4 rings (SSSR count). The van der Waals surface area contributed by atoms with E-state index in [9.17, 15) is 17.6 Å². The predicted octanol–water partition coefficient (Wildman–Crippen LogP) is 3.93. The van der Waals surface area contributed by atoms with Crippen LogP contribution in [-0.2, 0) is 14.8 Å². The van der Waals surface area contributed by atoms with Crippen LogP contribution in [-0.4, -0.2) is 68.0 Å². The van der Waals surface area contributed by atoms with E-state index in [2.05, 4.69) is 22.3 Å². The zero-order valence-electron chi connectivity index (χ0n) is 21.7. The van der Waals surface area contributed by atoms with Gasteiger partial charge in [0.15, 0.2) is 10.7 Å². The number of hydrogen-bond donors (Lipinski definition) is 1. The monoisotopic (exact) mass is 532 g/mol. The van der Waals surface area contributed by atoms with E-state index < -0.39 is 15.8 Å². The van der Waals surface area contributed by atoms with E-state index in [1.165, 1.54) is 35.4 Å². The number of aromatic nitrogens is 1. The molecule has 2 aliphatic rings. The van der Waals surface area contributed by atoms with Crippen LogP contribution in [0.1, 0.15) is 56.0 Å². The number of amides is 1. The molecular weight excluding hydrogens is 495 g/mol. The Morgan fingerprint density at radius 1 is 1.19 bits per heavy atom. The van der Waals surface area contributed by atoms with Crippen LogP contribution in [0, 0.1) is 24.6 Å². The molecule has 0 bridgehead atoms. The molecule has 2 aliphatic heterocycles. The molecule has 8 nitrogen and oxygen atoms in total. The van der Waals surface area contributed by atoms with Gasteiger partial charge in [-0.2, -0.15) is 4.31 Å². The Balaban J connectivity index is 1.30. The van der Waals surface area contributed by atoms with Crippen molar-refractivity contribution in [2.24, 2.45) is 11.8 Å². The molecule has 2 saturated heterocycles. The van der Waals surface area contributed by atoms with Crippen LogP contribution >= 0.6 is 0 Å². The molecular formula is C27H37FN4O4S. The van der Waals surface area contributed by atoms with E-state index in [1.54, 1.807) is 25.1 Å². The topological polar surface area (TPSA) is 95.8 Å². The molecule has 1 N–H and O–H groups in total. The first-order valence-corrected chi connectivity index (χ1v) is 14.6. The number of nitrogens with zero attached hydrogens (tertiary/aromatic N) is 3. The van der Waals surface area contributed by atoms with Gasteiger partial charge in [0.05, 0.1) is 0 Å². The molecule has 37 heavy (non-hydrogen) atoms. The lowest BCUT2D eigenvalue weighted by Crippen LogP contribution is -2.43. The molecule has 0 radical (unpaired) electrons. The van der Waals surface area contributed by atoms with Gasteiger partial charge in [-0.1, -0.05) is 30.3 Å². The van der Waals surface area contributed by atoms with Gasteiger partial charge in [-0.3, -0.25) is 4.79 Å². The van der Waals surface area contributed by atoms with Crippen LogP contribution in [0.4, 0.5) is 4.39 Å². The number of nitrogens with one attached hydrogen (secondary N) is 1. The summed E-state index contributed by atoms with van der Waals surface area (Å²) in [6.45, 7) is 8.24. The molecule has 2 aromatic rings. The number of carbonyl (C=O) groups excluding carboxylic acids is 1. The Bertz CT molecular complexity index is 1200. The summed E-state index contributed by atoms with van der Waals surface area (Å²) in [6.07, 6.45) is 7.27. The molecule has 1 amide bonds. The SMILES string of the molecule is Cc1noc(/C=C/c2ccccc2F)c1S(=O)(=O)N1CCC(C(=O)NCCCN2CCC[C@H](C)C2)CC1. The van der Waals surface area contributed by atoms with Crippen molar-refractivity contribution in [3.05, 3.63) is 47.1 Å². The minimum atomic E-state index is -3.89. The molecule has 10 heteroatoms. The van der Waals surface area contributed by atoms with Gasteiger partial charge in [0, 0.05) is 37.7 Å². The van der Waals surface area contributed by atoms with Crippen molar-refractivity contribution in [3.63, 3.8) is 0 Å². The Labute approximate surface area is 218 Å². The summed E-state index contributed by atoms with van der Waals surface area (Å²) in [7, 11) is -3.89. The molecule has 0 saturated carbocycles. The highest BCUT2D eigenvalue weighted by molar-refractivity contribution is 7.89. The molecule has 1 aromatic carbocycles. The van der Waals surface area contributed by atoms with Gasteiger partial charge in [-0.25, -0.2) is 12.8 Å². The smallest absolute Gasteiger partial charge is 0.248 e. The summed E-state index contributed by atoms with van der Waals surface area (Å²) >= 11 is 0. The van der Waals surface area contributed by atoms with Gasteiger partial charge in [0.2, 0.25) is 15.9 Å². The molecule has 202 valence electrons. The van der Waals surface area contributed by atoms with Crippen molar-refractivity contribution < 1.29 is 22.1 Å². The summed E-state index contributed by atoms with van der Waals surface area (Å²) in [5.74, 6) is 0.180. The van der Waals surface area contributed by atoms with Crippen molar-refractivity contribution in [1.29, 1.82) is 0 Å². The Morgan fingerprint density at radius 2 is 1.95 bits per heavy atom. The zero-order chi connectivity index (χ0) is 26.4. The van der Waals surface area contributed by atoms with Gasteiger partial charge in [0.25, 0.3) is 0 Å². The Hall–Kier alpha value is -2.56. The minimum Gasteiger partial charge on any atom is -0.356 e. The van der Waals surface area contributed by atoms with E-state index >= 15 is 0 Å². The third kappa shape index (κ3) is 6.86. The molecule has 1 atom stereocenters. The zero-order valence-corrected chi connectivity index (χ0v) is 22.5. The van der Waals surface area contributed by atoms with Crippen LogP contribution in [0.5, 0.6) is 0 Å². The number of aryl methyl sites for hydroxylation is 1. The number of rotatable bonds is 9. The number of benzene rings is 1. The quantitative estimate of drug-likeness (QED) is 0.492. The van der Waals surface area contributed by atoms with Crippen LogP contribution < -0.4 is 5.32 Å². The first kappa shape index (κ1) is 27.5. The summed E-state index contributed by atoms with van der Waals surface area (Å²) in [4.78, 5) is 15.1. The van der Waals surface area contributed by atoms with Crippen molar-refractivity contribution in [1.82, 2.24) is 19.7 Å². The summed E-state index contributed by atoms with van der Waals surface area (Å²) in [5, 5.41) is 6.88. The predicted molar refractivity (Wildman–Crippen MR) is 141 cm³/mol. The van der Waals surface area contributed by atoms with E-state index in [4.69, 9.17) is 4.52 Å². The number of piperidine rings is 2. The lowest BCUT2D eigenvalue weighted by atomic mass is 9.97. The second-order valence-corrected chi connectivity index (χ2v) is 12.1. The lowest BCUT2D eigenvalue weighted by molar-refractivity contribution is -0.126. The number of sulfonamides is 1. The van der Waals surface area contributed by atoms with E-state index in [-0.39, 0.29) is 41.3 Å². The van der Waals surface area contributed by atoms with Crippen molar-refractivity contribution in [2.45, 2.75) is 50.8 Å². The summed E-state index contributed by atoms with van der Waals surface area (Å²) < 4.78 is 47.5. The second kappa shape index (κ2) is 12.3. The average Bonchev–Trinajstić information content (AvgIpc) is 3.27. The van der Waals surface area contributed by atoms with E-state index in [1.807, 2.05) is 0 Å². The fourth-order valence-corrected chi connectivity index (χ4v) is 6.93. The normalized spacial score (nSPS) is 20.5. The standard InChI is InChI=1S/C27H37FN4O4S/c1-20-7-5-15-31(19-20)16-6-14-29-27(33)23-12-17-32(18-13-23)37(34,35)26-21(2)30-36-25(26)11-10-22-8-3-4-9-24(22)28/h3-4,8-11,20,23H,5-7,12-19H2,1-2H3,(H,29,33)/b11-10+/t20-/m0/s1. The highest BCUT2D eigenvalue weighted by atomic mass is 32.2. The largest absolute Gasteiger partial charge is 0.356 e. The van der Waals surface area contributed by atoms with Gasteiger partial charge in [0.1, 0.15) is 11.5 Å². The number of halogens is 1. The van der Waals surface area contributed by atoms with Gasteiger partial charge in [-0.15, -0.1) is 0 Å². The highest BCUT2D eigenvalue weighted by Crippen LogP contribution is 2.29. The molecule has 1 aromatic heterocycles. The third-order valence-corrected chi connectivity index (χ3v) is 9.32. The van der Waals surface area contributed by atoms with E-state index in [0.29, 0.717) is 24.9 Å². The molecule has 0 spiro atoms. The highest BCUT2D eigenvalue weighted by Gasteiger charge is 2.35.